The molecule has 0 aromatic heterocycles. The highest BCUT2D eigenvalue weighted by atomic mass is 35.5. The molecular formula is C20H16ClN3O4S. The molecule has 1 aliphatic rings. The quantitative estimate of drug-likeness (QED) is 0.341. The Balaban J connectivity index is 1.84. The first kappa shape index (κ1) is 20.6. The van der Waals surface area contributed by atoms with E-state index >= 15 is 0 Å². The molecule has 0 bridgehead atoms. The number of carbonyl (C=O) groups is 3. The molecule has 9 heteroatoms. The highest BCUT2D eigenvalue weighted by Gasteiger charge is 2.38. The number of aliphatic imine (C=N–C) groups is 1. The Morgan fingerprint density at radius 1 is 1.28 bits per heavy atom. The molecule has 0 saturated carbocycles. The molecule has 2 aromatic rings. The minimum absolute atomic E-state index is 0.0173. The van der Waals surface area contributed by atoms with E-state index in [0.29, 0.717) is 22.0 Å². The van der Waals surface area contributed by atoms with E-state index < -0.39 is 23.7 Å². The minimum Gasteiger partial charge on any atom is -0.462 e. The van der Waals surface area contributed by atoms with Crippen molar-refractivity contribution in [1.29, 1.82) is 0 Å². The molecule has 0 unspecified atom stereocenters. The molecule has 1 fully saturated rings. The number of nitrogens with one attached hydrogen (secondary N) is 1. The van der Waals surface area contributed by atoms with Crippen molar-refractivity contribution >= 4 is 64.3 Å². The molecule has 1 atom stereocenters. The van der Waals surface area contributed by atoms with Crippen LogP contribution in [0.5, 0.6) is 0 Å². The molecule has 2 amide bonds. The van der Waals surface area contributed by atoms with Crippen molar-refractivity contribution in [2.24, 2.45) is 10.9 Å². The predicted octanol–water partition coefficient (Wildman–Crippen LogP) is 3.28. The van der Waals surface area contributed by atoms with E-state index in [4.69, 9.17) is 28.6 Å². The van der Waals surface area contributed by atoms with Crippen LogP contribution >= 0.6 is 23.8 Å². The van der Waals surface area contributed by atoms with Crippen LogP contribution in [-0.4, -0.2) is 35.7 Å². The third kappa shape index (κ3) is 4.67. The summed E-state index contributed by atoms with van der Waals surface area (Å²) in [5.74, 6) is -2.76. The summed E-state index contributed by atoms with van der Waals surface area (Å²) in [7, 11) is 0. The zero-order valence-electron chi connectivity index (χ0n) is 15.3. The van der Waals surface area contributed by atoms with Crippen molar-refractivity contribution < 1.29 is 19.1 Å². The standard InChI is InChI=1S/C20H16ClN3O4S/c1-2-28-19(27)12-4-3-5-14(10-12)22-11-16-17(25)23-20(29)24(18(16)26)15-8-6-13(21)7-9-15/h3-11,16H,2H2,1H3,(H,23,25,29)/t16-/m0/s1. The van der Waals surface area contributed by atoms with E-state index in [1.807, 2.05) is 0 Å². The van der Waals surface area contributed by atoms with Gasteiger partial charge in [-0.3, -0.25) is 19.5 Å². The van der Waals surface area contributed by atoms with E-state index in [9.17, 15) is 14.4 Å². The average Bonchev–Trinajstić information content (AvgIpc) is 2.69. The van der Waals surface area contributed by atoms with Crippen molar-refractivity contribution in [2.45, 2.75) is 6.92 Å². The zero-order chi connectivity index (χ0) is 21.0. The Bertz CT molecular complexity index is 1010. The summed E-state index contributed by atoms with van der Waals surface area (Å²) in [5.41, 5.74) is 1.21. The lowest BCUT2D eigenvalue weighted by molar-refractivity contribution is -0.130. The molecule has 1 heterocycles. The zero-order valence-corrected chi connectivity index (χ0v) is 16.9. The smallest absolute Gasteiger partial charge is 0.338 e. The molecule has 7 nitrogen and oxygen atoms in total. The number of esters is 1. The van der Waals surface area contributed by atoms with Gasteiger partial charge in [-0.15, -0.1) is 0 Å². The highest BCUT2D eigenvalue weighted by Crippen LogP contribution is 2.23. The molecule has 0 aliphatic carbocycles. The monoisotopic (exact) mass is 429 g/mol. The molecule has 2 aromatic carbocycles. The van der Waals surface area contributed by atoms with Crippen LogP contribution in [0.25, 0.3) is 0 Å². The normalized spacial score (nSPS) is 16.8. The van der Waals surface area contributed by atoms with Gasteiger partial charge in [-0.2, -0.15) is 0 Å². The van der Waals surface area contributed by atoms with Crippen LogP contribution in [-0.2, 0) is 14.3 Å². The highest BCUT2D eigenvalue weighted by molar-refractivity contribution is 7.80. The van der Waals surface area contributed by atoms with Crippen LogP contribution in [0, 0.1) is 5.92 Å². The summed E-state index contributed by atoms with van der Waals surface area (Å²) in [5, 5.41) is 2.99. The van der Waals surface area contributed by atoms with Crippen LogP contribution in [0.3, 0.4) is 0 Å². The van der Waals surface area contributed by atoms with Crippen LogP contribution in [0.2, 0.25) is 5.02 Å². The molecule has 0 spiro atoms. The van der Waals surface area contributed by atoms with E-state index in [0.717, 1.165) is 0 Å². The lowest BCUT2D eigenvalue weighted by atomic mass is 10.1. The van der Waals surface area contributed by atoms with Crippen LogP contribution in [0.1, 0.15) is 17.3 Å². The Morgan fingerprint density at radius 3 is 2.69 bits per heavy atom. The van der Waals surface area contributed by atoms with Crippen molar-refractivity contribution in [3.05, 3.63) is 59.1 Å². The van der Waals surface area contributed by atoms with Crippen LogP contribution in [0.15, 0.2) is 53.5 Å². The van der Waals surface area contributed by atoms with E-state index in [-0.39, 0.29) is 11.7 Å². The van der Waals surface area contributed by atoms with Gasteiger partial charge in [0.15, 0.2) is 11.0 Å². The number of anilines is 1. The van der Waals surface area contributed by atoms with Crippen molar-refractivity contribution in [1.82, 2.24) is 5.32 Å². The van der Waals surface area contributed by atoms with Gasteiger partial charge >= 0.3 is 5.97 Å². The molecule has 148 valence electrons. The molecule has 0 radical (unpaired) electrons. The van der Waals surface area contributed by atoms with Crippen molar-refractivity contribution in [2.75, 3.05) is 11.5 Å². The Hall–Kier alpha value is -3.10. The summed E-state index contributed by atoms with van der Waals surface area (Å²) in [6, 6.07) is 12.9. The van der Waals surface area contributed by atoms with E-state index in [1.54, 1.807) is 49.4 Å². The van der Waals surface area contributed by atoms with Crippen LogP contribution < -0.4 is 10.2 Å². The average molecular weight is 430 g/mol. The third-order valence-electron chi connectivity index (χ3n) is 4.02. The molecule has 1 saturated heterocycles. The minimum atomic E-state index is -1.18. The molecule has 1 N–H and O–H groups in total. The molecule has 1 aliphatic heterocycles. The molecular weight excluding hydrogens is 414 g/mol. The summed E-state index contributed by atoms with van der Waals surface area (Å²) >= 11 is 11.0. The number of benzene rings is 2. The maximum Gasteiger partial charge on any atom is 0.338 e. The first-order valence-electron chi connectivity index (χ1n) is 8.66. The number of hydrogen-bond acceptors (Lipinski definition) is 6. The largest absolute Gasteiger partial charge is 0.462 e. The maximum atomic E-state index is 12.9. The Morgan fingerprint density at radius 2 is 2.00 bits per heavy atom. The fourth-order valence-corrected chi connectivity index (χ4v) is 3.07. The van der Waals surface area contributed by atoms with Gasteiger partial charge in [0, 0.05) is 11.2 Å². The van der Waals surface area contributed by atoms with Gasteiger partial charge in [0.05, 0.1) is 23.5 Å². The Kier molecular flexibility index (Phi) is 6.36. The van der Waals surface area contributed by atoms with Gasteiger partial charge < -0.3 is 10.1 Å². The SMILES string of the molecule is CCOC(=O)c1cccc(N=C[C@H]2C(=O)NC(=S)N(c3ccc(Cl)cc3)C2=O)c1. The second-order valence-corrected chi connectivity index (χ2v) is 6.79. The lowest BCUT2D eigenvalue weighted by Crippen LogP contribution is -2.58. The van der Waals surface area contributed by atoms with Gasteiger partial charge in [-0.05, 0) is 61.6 Å². The number of nitrogens with zero attached hydrogens (tertiary/aromatic N) is 2. The second kappa shape index (κ2) is 8.93. The number of ether oxygens (including phenoxy) is 1. The lowest BCUT2D eigenvalue weighted by Gasteiger charge is -2.30. The maximum absolute atomic E-state index is 12.9. The van der Waals surface area contributed by atoms with Crippen LogP contribution in [0.4, 0.5) is 11.4 Å². The van der Waals surface area contributed by atoms with E-state index in [2.05, 4.69) is 10.3 Å². The number of hydrogen-bond donors (Lipinski definition) is 1. The van der Waals surface area contributed by atoms with E-state index in [1.165, 1.54) is 17.2 Å². The number of halogens is 1. The fourth-order valence-electron chi connectivity index (χ4n) is 2.64. The third-order valence-corrected chi connectivity index (χ3v) is 4.55. The first-order valence-corrected chi connectivity index (χ1v) is 9.45. The summed E-state index contributed by atoms with van der Waals surface area (Å²) < 4.78 is 4.96. The second-order valence-electron chi connectivity index (χ2n) is 5.97. The first-order chi connectivity index (χ1) is 13.9. The Labute approximate surface area is 177 Å². The number of carbonyl (C=O) groups excluding carboxylic acids is 3. The molecule has 3 rings (SSSR count). The molecule has 29 heavy (non-hydrogen) atoms. The van der Waals surface area contributed by atoms with Gasteiger partial charge in [0.2, 0.25) is 5.91 Å². The summed E-state index contributed by atoms with van der Waals surface area (Å²) in [6.07, 6.45) is 1.23. The number of thiocarbonyl (C=S) groups is 1. The topological polar surface area (TPSA) is 88.1 Å². The van der Waals surface area contributed by atoms with Crippen molar-refractivity contribution in [3.63, 3.8) is 0 Å². The van der Waals surface area contributed by atoms with Gasteiger partial charge in [0.1, 0.15) is 0 Å². The van der Waals surface area contributed by atoms with Gasteiger partial charge in [-0.1, -0.05) is 17.7 Å². The predicted molar refractivity (Wildman–Crippen MR) is 114 cm³/mol. The van der Waals surface area contributed by atoms with Gasteiger partial charge in [0.25, 0.3) is 5.91 Å². The summed E-state index contributed by atoms with van der Waals surface area (Å²) in [4.78, 5) is 42.4. The number of amides is 2. The van der Waals surface area contributed by atoms with Crippen molar-refractivity contribution in [3.8, 4) is 0 Å². The number of rotatable bonds is 5. The summed E-state index contributed by atoms with van der Waals surface area (Å²) in [6.45, 7) is 1.97. The van der Waals surface area contributed by atoms with Gasteiger partial charge in [-0.25, -0.2) is 4.79 Å². The fraction of sp³-hybridized carbons (Fsp3) is 0.150.